The third-order valence-corrected chi connectivity index (χ3v) is 4.95. The summed E-state index contributed by atoms with van der Waals surface area (Å²) < 4.78 is 0.722. The van der Waals surface area contributed by atoms with Crippen LogP contribution in [0.5, 0.6) is 0 Å². The van der Waals surface area contributed by atoms with E-state index in [0.717, 1.165) is 22.1 Å². The Morgan fingerprint density at radius 2 is 2.16 bits per heavy atom. The molecule has 1 aliphatic carbocycles. The molecule has 0 fully saturated rings. The molecule has 4 heteroatoms. The standard InChI is InChI=1S/C15H16ClNOS/c16-15-8-7-14(19-15)13(18)9-17-12-6-5-10-3-1-2-4-11(10)12/h1-4,7-8,12-13,17-18H,5-6,9H2. The van der Waals surface area contributed by atoms with Gasteiger partial charge in [0.15, 0.2) is 0 Å². The lowest BCUT2D eigenvalue weighted by Crippen LogP contribution is -2.24. The lowest BCUT2D eigenvalue weighted by molar-refractivity contribution is 0.173. The van der Waals surface area contributed by atoms with E-state index in [1.54, 1.807) is 0 Å². The van der Waals surface area contributed by atoms with Crippen molar-refractivity contribution in [2.45, 2.75) is 25.0 Å². The highest BCUT2D eigenvalue weighted by Gasteiger charge is 2.22. The molecule has 1 heterocycles. The fourth-order valence-corrected chi connectivity index (χ4v) is 3.68. The van der Waals surface area contributed by atoms with E-state index in [2.05, 4.69) is 29.6 Å². The number of aliphatic hydroxyl groups is 1. The summed E-state index contributed by atoms with van der Waals surface area (Å²) in [4.78, 5) is 0.920. The van der Waals surface area contributed by atoms with Crippen LogP contribution in [0, 0.1) is 0 Å². The Balaban J connectivity index is 1.62. The van der Waals surface area contributed by atoms with Gasteiger partial charge in [0.25, 0.3) is 0 Å². The molecule has 1 aliphatic rings. The van der Waals surface area contributed by atoms with Crippen molar-refractivity contribution in [1.82, 2.24) is 5.32 Å². The topological polar surface area (TPSA) is 32.3 Å². The van der Waals surface area contributed by atoms with Gasteiger partial charge in [0, 0.05) is 17.5 Å². The van der Waals surface area contributed by atoms with E-state index in [-0.39, 0.29) is 0 Å². The van der Waals surface area contributed by atoms with Crippen LogP contribution >= 0.6 is 22.9 Å². The van der Waals surface area contributed by atoms with Gasteiger partial charge in [0.2, 0.25) is 0 Å². The molecule has 0 spiro atoms. The summed E-state index contributed by atoms with van der Waals surface area (Å²) in [7, 11) is 0. The van der Waals surface area contributed by atoms with E-state index in [0.29, 0.717) is 12.6 Å². The Hall–Kier alpha value is -0.870. The third-order valence-electron chi connectivity index (χ3n) is 3.61. The maximum atomic E-state index is 10.1. The Labute approximate surface area is 122 Å². The van der Waals surface area contributed by atoms with E-state index in [4.69, 9.17) is 11.6 Å². The summed E-state index contributed by atoms with van der Waals surface area (Å²) in [5.41, 5.74) is 2.80. The zero-order valence-corrected chi connectivity index (χ0v) is 12.0. The summed E-state index contributed by atoms with van der Waals surface area (Å²) >= 11 is 7.33. The quantitative estimate of drug-likeness (QED) is 0.901. The van der Waals surface area contributed by atoms with Gasteiger partial charge in [-0.05, 0) is 36.1 Å². The van der Waals surface area contributed by atoms with Crippen molar-refractivity contribution in [1.29, 1.82) is 0 Å². The molecule has 0 amide bonds. The van der Waals surface area contributed by atoms with E-state index < -0.39 is 6.10 Å². The van der Waals surface area contributed by atoms with Crippen molar-refractivity contribution >= 4 is 22.9 Å². The molecule has 0 aliphatic heterocycles. The number of aryl methyl sites for hydroxylation is 1. The van der Waals surface area contributed by atoms with Gasteiger partial charge in [-0.1, -0.05) is 35.9 Å². The van der Waals surface area contributed by atoms with Gasteiger partial charge >= 0.3 is 0 Å². The first-order valence-corrected chi connectivity index (χ1v) is 7.68. The van der Waals surface area contributed by atoms with Gasteiger partial charge in [-0.25, -0.2) is 0 Å². The smallest absolute Gasteiger partial charge is 0.101 e. The molecular weight excluding hydrogens is 278 g/mol. The maximum absolute atomic E-state index is 10.1. The largest absolute Gasteiger partial charge is 0.386 e. The zero-order valence-electron chi connectivity index (χ0n) is 10.5. The van der Waals surface area contributed by atoms with Gasteiger partial charge < -0.3 is 10.4 Å². The SMILES string of the molecule is OC(CNC1CCc2ccccc21)c1ccc(Cl)s1. The second kappa shape index (κ2) is 5.63. The number of hydrogen-bond donors (Lipinski definition) is 2. The molecule has 2 unspecified atom stereocenters. The highest BCUT2D eigenvalue weighted by molar-refractivity contribution is 7.16. The van der Waals surface area contributed by atoms with Crippen molar-refractivity contribution in [3.8, 4) is 0 Å². The minimum atomic E-state index is -0.481. The van der Waals surface area contributed by atoms with Crippen molar-refractivity contribution < 1.29 is 5.11 Å². The molecule has 19 heavy (non-hydrogen) atoms. The molecule has 2 atom stereocenters. The van der Waals surface area contributed by atoms with Gasteiger partial charge in [-0.15, -0.1) is 11.3 Å². The van der Waals surface area contributed by atoms with Crippen molar-refractivity contribution in [3.05, 3.63) is 56.7 Å². The molecule has 2 nitrogen and oxygen atoms in total. The maximum Gasteiger partial charge on any atom is 0.101 e. The lowest BCUT2D eigenvalue weighted by Gasteiger charge is -2.16. The van der Waals surface area contributed by atoms with E-state index in [1.165, 1.54) is 22.5 Å². The molecule has 3 rings (SSSR count). The lowest BCUT2D eigenvalue weighted by atomic mass is 10.1. The normalized spacial score (nSPS) is 19.4. The van der Waals surface area contributed by atoms with Crippen LogP contribution in [0.1, 0.15) is 34.6 Å². The van der Waals surface area contributed by atoms with Crippen molar-refractivity contribution in [2.75, 3.05) is 6.54 Å². The Bertz CT molecular complexity index is 569. The van der Waals surface area contributed by atoms with Crippen molar-refractivity contribution in [2.24, 2.45) is 0 Å². The second-order valence-corrected chi connectivity index (χ2v) is 6.60. The number of halogens is 1. The highest BCUT2D eigenvalue weighted by Crippen LogP contribution is 2.32. The Kier molecular flexibility index (Phi) is 3.89. The van der Waals surface area contributed by atoms with E-state index >= 15 is 0 Å². The van der Waals surface area contributed by atoms with Crippen LogP contribution in [0.4, 0.5) is 0 Å². The number of benzene rings is 1. The predicted molar refractivity (Wildman–Crippen MR) is 79.8 cm³/mol. The summed E-state index contributed by atoms with van der Waals surface area (Å²) in [6, 6.07) is 12.6. The average Bonchev–Trinajstić information content (AvgIpc) is 3.02. The molecule has 1 aromatic carbocycles. The molecule has 100 valence electrons. The molecule has 2 N–H and O–H groups in total. The molecule has 0 saturated carbocycles. The number of aliphatic hydroxyl groups excluding tert-OH is 1. The van der Waals surface area contributed by atoms with Crippen LogP contribution in [-0.4, -0.2) is 11.7 Å². The van der Waals surface area contributed by atoms with Crippen molar-refractivity contribution in [3.63, 3.8) is 0 Å². The fraction of sp³-hybridized carbons (Fsp3) is 0.333. The van der Waals surface area contributed by atoms with Crippen LogP contribution in [0.25, 0.3) is 0 Å². The minimum Gasteiger partial charge on any atom is -0.386 e. The van der Waals surface area contributed by atoms with Crippen LogP contribution in [0.3, 0.4) is 0 Å². The molecular formula is C15H16ClNOS. The predicted octanol–water partition coefficient (Wildman–Crippen LogP) is 3.71. The Morgan fingerprint density at radius 1 is 1.32 bits per heavy atom. The summed E-state index contributed by atoms with van der Waals surface area (Å²) in [5, 5.41) is 13.6. The molecule has 0 radical (unpaired) electrons. The monoisotopic (exact) mass is 293 g/mol. The van der Waals surface area contributed by atoms with Gasteiger partial charge in [0.05, 0.1) is 4.34 Å². The summed E-state index contributed by atoms with van der Waals surface area (Å²) in [6.07, 6.45) is 1.75. The number of rotatable bonds is 4. The first kappa shape index (κ1) is 13.1. The van der Waals surface area contributed by atoms with Gasteiger partial charge in [0.1, 0.15) is 6.10 Å². The van der Waals surface area contributed by atoms with Gasteiger partial charge in [-0.3, -0.25) is 0 Å². The first-order chi connectivity index (χ1) is 9.24. The minimum absolute atomic E-state index is 0.362. The van der Waals surface area contributed by atoms with Crippen LogP contribution in [0.15, 0.2) is 36.4 Å². The van der Waals surface area contributed by atoms with E-state index in [1.807, 2.05) is 12.1 Å². The number of thiophene rings is 1. The number of nitrogens with one attached hydrogen (secondary N) is 1. The summed E-state index contributed by atoms with van der Waals surface area (Å²) in [6.45, 7) is 0.565. The molecule has 0 bridgehead atoms. The van der Waals surface area contributed by atoms with Crippen LogP contribution in [0.2, 0.25) is 4.34 Å². The zero-order chi connectivity index (χ0) is 13.2. The Morgan fingerprint density at radius 3 is 2.95 bits per heavy atom. The number of fused-ring (bicyclic) bond motifs is 1. The number of hydrogen-bond acceptors (Lipinski definition) is 3. The van der Waals surface area contributed by atoms with Crippen LogP contribution < -0.4 is 5.32 Å². The average molecular weight is 294 g/mol. The first-order valence-electron chi connectivity index (χ1n) is 6.48. The molecule has 1 aromatic heterocycles. The highest BCUT2D eigenvalue weighted by atomic mass is 35.5. The molecule has 0 saturated heterocycles. The van der Waals surface area contributed by atoms with Gasteiger partial charge in [-0.2, -0.15) is 0 Å². The fourth-order valence-electron chi connectivity index (χ4n) is 2.63. The summed E-state index contributed by atoms with van der Waals surface area (Å²) in [5.74, 6) is 0. The van der Waals surface area contributed by atoms with Crippen LogP contribution in [-0.2, 0) is 6.42 Å². The molecule has 2 aromatic rings. The second-order valence-electron chi connectivity index (χ2n) is 4.86. The third kappa shape index (κ3) is 2.84. The van der Waals surface area contributed by atoms with E-state index in [9.17, 15) is 5.11 Å².